The minimum Gasteiger partial charge on any atom is -0.322 e. The Morgan fingerprint density at radius 1 is 1.10 bits per heavy atom. The zero-order chi connectivity index (χ0) is 15.5. The summed E-state index contributed by atoms with van der Waals surface area (Å²) < 4.78 is 12.8. The molecule has 0 aliphatic rings. The smallest absolute Gasteiger partial charge is 0.255 e. The second kappa shape index (κ2) is 5.76. The van der Waals surface area contributed by atoms with Gasteiger partial charge in [-0.1, -0.05) is 12.1 Å². The zero-order valence-corrected chi connectivity index (χ0v) is 11.9. The Kier molecular flexibility index (Phi) is 4.04. The van der Waals surface area contributed by atoms with Gasteiger partial charge < -0.3 is 5.32 Å². The number of nitrogens with zero attached hydrogens (tertiary/aromatic N) is 1. The van der Waals surface area contributed by atoms with E-state index in [4.69, 9.17) is 5.26 Å². The molecule has 0 saturated heterocycles. The fraction of sp³-hybridized carbons (Fsp3) is 0.176. The Bertz CT molecular complexity index is 682. The highest BCUT2D eigenvalue weighted by Gasteiger charge is 2.19. The molecule has 4 heteroatoms. The highest BCUT2D eigenvalue weighted by Crippen LogP contribution is 2.23. The van der Waals surface area contributed by atoms with Crippen molar-refractivity contribution in [2.24, 2.45) is 0 Å². The molecule has 0 saturated carbocycles. The third kappa shape index (κ3) is 3.46. The van der Waals surface area contributed by atoms with Crippen molar-refractivity contribution >= 4 is 11.6 Å². The first-order valence-electron chi connectivity index (χ1n) is 6.51. The molecule has 2 aromatic rings. The molecule has 3 nitrogen and oxygen atoms in total. The van der Waals surface area contributed by atoms with E-state index < -0.39 is 5.41 Å². The lowest BCUT2D eigenvalue weighted by atomic mass is 9.86. The molecule has 0 spiro atoms. The maximum absolute atomic E-state index is 12.8. The van der Waals surface area contributed by atoms with Gasteiger partial charge in [-0.3, -0.25) is 4.79 Å². The van der Waals surface area contributed by atoms with Crippen molar-refractivity contribution in [3.8, 4) is 6.07 Å². The summed E-state index contributed by atoms with van der Waals surface area (Å²) in [6, 6.07) is 14.7. The standard InChI is InChI=1S/C17H15FN2O/c1-17(2,11-19)13-5-9-15(10-6-13)20-16(21)12-3-7-14(18)8-4-12/h3-10H,1-2H3,(H,20,21). The first-order valence-corrected chi connectivity index (χ1v) is 6.51. The number of carbonyl (C=O) groups is 1. The molecule has 0 unspecified atom stereocenters. The van der Waals surface area contributed by atoms with E-state index in [1.807, 2.05) is 26.0 Å². The van der Waals surface area contributed by atoms with Crippen molar-refractivity contribution in [1.82, 2.24) is 0 Å². The van der Waals surface area contributed by atoms with Crippen molar-refractivity contribution in [3.05, 3.63) is 65.5 Å². The van der Waals surface area contributed by atoms with Gasteiger partial charge in [-0.15, -0.1) is 0 Å². The van der Waals surface area contributed by atoms with Crippen LogP contribution >= 0.6 is 0 Å². The number of nitrogens with one attached hydrogen (secondary N) is 1. The number of amides is 1. The molecule has 1 amide bonds. The van der Waals surface area contributed by atoms with Gasteiger partial charge in [-0.05, 0) is 55.8 Å². The Balaban J connectivity index is 2.12. The Morgan fingerprint density at radius 2 is 1.67 bits per heavy atom. The summed E-state index contributed by atoms with van der Waals surface area (Å²) in [7, 11) is 0. The second-order valence-electron chi connectivity index (χ2n) is 5.28. The molecule has 2 rings (SSSR count). The molecule has 0 fully saturated rings. The fourth-order valence-electron chi connectivity index (χ4n) is 1.84. The van der Waals surface area contributed by atoms with Crippen molar-refractivity contribution in [2.75, 3.05) is 5.32 Å². The van der Waals surface area contributed by atoms with Crippen LogP contribution in [0.4, 0.5) is 10.1 Å². The minimum absolute atomic E-state index is 0.303. The van der Waals surface area contributed by atoms with Crippen LogP contribution in [0.25, 0.3) is 0 Å². The number of halogens is 1. The van der Waals surface area contributed by atoms with Crippen LogP contribution in [-0.4, -0.2) is 5.91 Å². The predicted octanol–water partition coefficient (Wildman–Crippen LogP) is 3.88. The van der Waals surface area contributed by atoms with Crippen LogP contribution in [-0.2, 0) is 5.41 Å². The van der Waals surface area contributed by atoms with Crippen LogP contribution in [0.15, 0.2) is 48.5 Å². The number of carbonyl (C=O) groups excluding carboxylic acids is 1. The van der Waals surface area contributed by atoms with Crippen LogP contribution in [0, 0.1) is 17.1 Å². The quantitative estimate of drug-likeness (QED) is 0.928. The molecule has 0 aliphatic heterocycles. The summed E-state index contributed by atoms with van der Waals surface area (Å²) in [6.45, 7) is 3.66. The lowest BCUT2D eigenvalue weighted by molar-refractivity contribution is 0.102. The third-order valence-corrected chi connectivity index (χ3v) is 3.25. The van der Waals surface area contributed by atoms with Crippen molar-refractivity contribution in [2.45, 2.75) is 19.3 Å². The van der Waals surface area contributed by atoms with Crippen LogP contribution in [0.3, 0.4) is 0 Å². The lowest BCUT2D eigenvalue weighted by Crippen LogP contribution is -2.15. The van der Waals surface area contributed by atoms with E-state index in [9.17, 15) is 9.18 Å². The number of anilines is 1. The molecule has 2 aromatic carbocycles. The molecule has 0 bridgehead atoms. The highest BCUT2D eigenvalue weighted by molar-refractivity contribution is 6.04. The molecule has 0 atom stereocenters. The maximum atomic E-state index is 12.8. The highest BCUT2D eigenvalue weighted by atomic mass is 19.1. The van der Waals surface area contributed by atoms with Crippen LogP contribution in [0.5, 0.6) is 0 Å². The summed E-state index contributed by atoms with van der Waals surface area (Å²) in [5.74, 6) is -0.683. The molecular formula is C17H15FN2O. The molecule has 0 heterocycles. The average Bonchev–Trinajstić information content (AvgIpc) is 2.48. The third-order valence-electron chi connectivity index (χ3n) is 3.25. The van der Waals surface area contributed by atoms with E-state index in [0.29, 0.717) is 11.3 Å². The zero-order valence-electron chi connectivity index (χ0n) is 11.9. The molecule has 0 aromatic heterocycles. The van der Waals surface area contributed by atoms with Gasteiger partial charge in [0.2, 0.25) is 0 Å². The molecule has 21 heavy (non-hydrogen) atoms. The largest absolute Gasteiger partial charge is 0.322 e. The number of benzene rings is 2. The summed E-state index contributed by atoms with van der Waals surface area (Å²) >= 11 is 0. The van der Waals surface area contributed by atoms with E-state index in [2.05, 4.69) is 11.4 Å². The van der Waals surface area contributed by atoms with Gasteiger partial charge in [0.25, 0.3) is 5.91 Å². The number of hydrogen-bond acceptors (Lipinski definition) is 2. The predicted molar refractivity (Wildman–Crippen MR) is 79.4 cm³/mol. The van der Waals surface area contributed by atoms with E-state index >= 15 is 0 Å². The van der Waals surface area contributed by atoms with Gasteiger partial charge in [0.15, 0.2) is 0 Å². The second-order valence-corrected chi connectivity index (χ2v) is 5.28. The van der Waals surface area contributed by atoms with Crippen LogP contribution < -0.4 is 5.32 Å². The van der Waals surface area contributed by atoms with Crippen LogP contribution in [0.1, 0.15) is 29.8 Å². The summed E-state index contributed by atoms with van der Waals surface area (Å²) in [5, 5.41) is 11.8. The molecule has 106 valence electrons. The SMILES string of the molecule is CC(C)(C#N)c1ccc(NC(=O)c2ccc(F)cc2)cc1. The normalized spacial score (nSPS) is 10.8. The van der Waals surface area contributed by atoms with Crippen molar-refractivity contribution < 1.29 is 9.18 Å². The average molecular weight is 282 g/mol. The molecule has 0 radical (unpaired) electrons. The van der Waals surface area contributed by atoms with Gasteiger partial charge in [0, 0.05) is 11.3 Å². The molecular weight excluding hydrogens is 267 g/mol. The number of hydrogen-bond donors (Lipinski definition) is 1. The van der Waals surface area contributed by atoms with Crippen LogP contribution in [0.2, 0.25) is 0 Å². The van der Waals surface area contributed by atoms with E-state index in [0.717, 1.165) is 5.56 Å². The topological polar surface area (TPSA) is 52.9 Å². The Hall–Kier alpha value is -2.67. The first kappa shape index (κ1) is 14.7. The van der Waals surface area contributed by atoms with Gasteiger partial charge in [-0.25, -0.2) is 4.39 Å². The Labute approximate surface area is 123 Å². The van der Waals surface area contributed by atoms with Gasteiger partial charge >= 0.3 is 0 Å². The van der Waals surface area contributed by atoms with Gasteiger partial charge in [0.05, 0.1) is 11.5 Å². The van der Waals surface area contributed by atoms with E-state index in [-0.39, 0.29) is 11.7 Å². The Morgan fingerprint density at radius 3 is 2.19 bits per heavy atom. The van der Waals surface area contributed by atoms with E-state index in [1.165, 1.54) is 24.3 Å². The maximum Gasteiger partial charge on any atom is 0.255 e. The first-order chi connectivity index (χ1) is 9.92. The molecule has 0 aliphatic carbocycles. The fourth-order valence-corrected chi connectivity index (χ4v) is 1.84. The minimum atomic E-state index is -0.570. The number of rotatable bonds is 3. The van der Waals surface area contributed by atoms with Gasteiger partial charge in [-0.2, -0.15) is 5.26 Å². The summed E-state index contributed by atoms with van der Waals surface area (Å²) in [6.07, 6.45) is 0. The molecule has 1 N–H and O–H groups in total. The van der Waals surface area contributed by atoms with Crippen molar-refractivity contribution in [3.63, 3.8) is 0 Å². The van der Waals surface area contributed by atoms with Crippen molar-refractivity contribution in [1.29, 1.82) is 5.26 Å². The summed E-state index contributed by atoms with van der Waals surface area (Å²) in [4.78, 5) is 12.0. The number of nitriles is 1. The van der Waals surface area contributed by atoms with Gasteiger partial charge in [0.1, 0.15) is 5.82 Å². The lowest BCUT2D eigenvalue weighted by Gasteiger charge is -2.16. The van der Waals surface area contributed by atoms with E-state index in [1.54, 1.807) is 12.1 Å². The summed E-state index contributed by atoms with van der Waals surface area (Å²) in [5.41, 5.74) is 1.32. The monoisotopic (exact) mass is 282 g/mol.